The van der Waals surface area contributed by atoms with Crippen molar-refractivity contribution in [1.29, 1.82) is 0 Å². The molecule has 3 heteroatoms. The van der Waals surface area contributed by atoms with Crippen LogP contribution in [0.15, 0.2) is 160 Å². The average Bonchev–Trinajstić information content (AvgIpc) is 3.67. The lowest BCUT2D eigenvalue weighted by Gasteiger charge is -2.26. The van der Waals surface area contributed by atoms with Gasteiger partial charge in [-0.1, -0.05) is 97.1 Å². The number of fused-ring (bicyclic) bond motifs is 12. The molecule has 0 fully saturated rings. The quantitative estimate of drug-likeness (QED) is 0.196. The molecule has 0 unspecified atom stereocenters. The minimum atomic E-state index is 0.879. The third kappa shape index (κ3) is 3.52. The van der Waals surface area contributed by atoms with Gasteiger partial charge in [-0.05, 0) is 81.5 Å². The maximum absolute atomic E-state index is 6.31. The minimum absolute atomic E-state index is 0.879. The minimum Gasteiger partial charge on any atom is -0.456 e. The Hall–Kier alpha value is -6.06. The van der Waals surface area contributed by atoms with Crippen LogP contribution >= 0.6 is 0 Å². The van der Waals surface area contributed by atoms with E-state index < -0.39 is 0 Å². The maximum Gasteiger partial charge on any atom is 0.137 e. The fourth-order valence-electron chi connectivity index (χ4n) is 7.26. The van der Waals surface area contributed by atoms with Gasteiger partial charge in [0.25, 0.3) is 0 Å². The SMILES string of the molecule is c1ccc(N(c2ccc3c(ccc4ccc5ccc6oc7ccccc7c6c5c43)c2)c2cccc3oc4ccccc4c23)cc1. The van der Waals surface area contributed by atoms with Crippen molar-refractivity contribution in [2.45, 2.75) is 0 Å². The third-order valence-electron chi connectivity index (χ3n) is 9.20. The first kappa shape index (κ1) is 24.4. The van der Waals surface area contributed by atoms with E-state index >= 15 is 0 Å². The molecule has 0 N–H and O–H groups in total. The van der Waals surface area contributed by atoms with Crippen molar-refractivity contribution in [3.63, 3.8) is 0 Å². The Morgan fingerprint density at radius 1 is 0.333 bits per heavy atom. The van der Waals surface area contributed by atoms with Gasteiger partial charge in [0.15, 0.2) is 0 Å². The maximum atomic E-state index is 6.31. The first-order chi connectivity index (χ1) is 22.3. The van der Waals surface area contributed by atoms with Crippen LogP contribution < -0.4 is 4.90 Å². The second kappa shape index (κ2) is 9.22. The zero-order valence-electron chi connectivity index (χ0n) is 24.2. The van der Waals surface area contributed by atoms with Gasteiger partial charge in [0.2, 0.25) is 0 Å². The Bertz CT molecular complexity index is 2770. The Morgan fingerprint density at radius 3 is 1.71 bits per heavy atom. The van der Waals surface area contributed by atoms with Gasteiger partial charge < -0.3 is 13.7 Å². The summed E-state index contributed by atoms with van der Waals surface area (Å²) in [5.74, 6) is 0. The van der Waals surface area contributed by atoms with Crippen molar-refractivity contribution in [2.75, 3.05) is 4.90 Å². The standard InChI is InChI=1S/C42H25NO2/c1-2-9-29(10-3-1)43(34-13-8-16-37-41(34)32-11-4-6-14-35(32)44-37)30-22-23-31-28(25-30)20-19-26-17-18-27-21-24-38-42(40(27)39(26)31)33-12-5-7-15-36(33)45-38/h1-25H. The van der Waals surface area contributed by atoms with Crippen molar-refractivity contribution >= 4 is 93.3 Å². The number of para-hydroxylation sites is 3. The number of nitrogens with zero attached hydrogens (tertiary/aromatic N) is 1. The van der Waals surface area contributed by atoms with Crippen molar-refractivity contribution in [3.05, 3.63) is 152 Å². The molecule has 8 aromatic carbocycles. The van der Waals surface area contributed by atoms with Crippen LogP contribution in [0.1, 0.15) is 0 Å². The van der Waals surface area contributed by atoms with Crippen LogP contribution in [0.2, 0.25) is 0 Å². The highest BCUT2D eigenvalue weighted by molar-refractivity contribution is 6.31. The molecule has 0 amide bonds. The molecule has 0 aliphatic heterocycles. The van der Waals surface area contributed by atoms with Crippen LogP contribution in [0, 0.1) is 0 Å². The summed E-state index contributed by atoms with van der Waals surface area (Å²) in [5.41, 5.74) is 6.87. The summed E-state index contributed by atoms with van der Waals surface area (Å²) >= 11 is 0. The smallest absolute Gasteiger partial charge is 0.137 e. The number of anilines is 3. The van der Waals surface area contributed by atoms with Crippen molar-refractivity contribution in [1.82, 2.24) is 0 Å². The molecule has 0 aliphatic rings. The van der Waals surface area contributed by atoms with Crippen LogP contribution in [0.5, 0.6) is 0 Å². The van der Waals surface area contributed by atoms with Gasteiger partial charge in [-0.15, -0.1) is 0 Å². The first-order valence-electron chi connectivity index (χ1n) is 15.3. The van der Waals surface area contributed by atoms with Crippen LogP contribution in [-0.4, -0.2) is 0 Å². The summed E-state index contributed by atoms with van der Waals surface area (Å²) in [6.45, 7) is 0. The van der Waals surface area contributed by atoms with E-state index in [0.717, 1.165) is 55.6 Å². The van der Waals surface area contributed by atoms with Crippen molar-refractivity contribution in [3.8, 4) is 0 Å². The third-order valence-corrected chi connectivity index (χ3v) is 9.20. The van der Waals surface area contributed by atoms with E-state index in [-0.39, 0.29) is 0 Å². The normalized spacial score (nSPS) is 12.0. The molecule has 2 aromatic heterocycles. The van der Waals surface area contributed by atoms with Crippen LogP contribution in [0.4, 0.5) is 17.1 Å². The second-order valence-corrected chi connectivity index (χ2v) is 11.7. The summed E-state index contributed by atoms with van der Waals surface area (Å²) < 4.78 is 12.6. The van der Waals surface area contributed by atoms with Gasteiger partial charge in [0, 0.05) is 32.9 Å². The van der Waals surface area contributed by atoms with Gasteiger partial charge in [-0.25, -0.2) is 0 Å². The van der Waals surface area contributed by atoms with Gasteiger partial charge in [-0.2, -0.15) is 0 Å². The van der Waals surface area contributed by atoms with Gasteiger partial charge in [0.1, 0.15) is 22.3 Å². The summed E-state index contributed by atoms with van der Waals surface area (Å²) in [4.78, 5) is 2.35. The molecule has 0 saturated carbocycles. The van der Waals surface area contributed by atoms with E-state index in [9.17, 15) is 0 Å². The molecular formula is C42H25NO2. The van der Waals surface area contributed by atoms with E-state index in [1.807, 2.05) is 18.2 Å². The number of rotatable bonds is 3. The van der Waals surface area contributed by atoms with Crippen LogP contribution in [0.3, 0.4) is 0 Å². The van der Waals surface area contributed by atoms with E-state index in [1.54, 1.807) is 0 Å². The number of hydrogen-bond donors (Lipinski definition) is 0. The fraction of sp³-hybridized carbons (Fsp3) is 0. The van der Waals surface area contributed by atoms with Crippen molar-refractivity contribution < 1.29 is 8.83 Å². The molecule has 45 heavy (non-hydrogen) atoms. The predicted octanol–water partition coefficient (Wildman–Crippen LogP) is 12.4. The molecule has 0 saturated heterocycles. The summed E-state index contributed by atoms with van der Waals surface area (Å²) in [6.07, 6.45) is 0. The van der Waals surface area contributed by atoms with E-state index in [2.05, 4.69) is 138 Å². The number of benzene rings is 8. The molecule has 0 spiro atoms. The molecule has 10 aromatic rings. The zero-order valence-corrected chi connectivity index (χ0v) is 24.2. The number of hydrogen-bond acceptors (Lipinski definition) is 3. The topological polar surface area (TPSA) is 29.5 Å². The summed E-state index contributed by atoms with van der Waals surface area (Å²) in [6, 6.07) is 53.6. The lowest BCUT2D eigenvalue weighted by atomic mass is 9.93. The fourth-order valence-corrected chi connectivity index (χ4v) is 7.26. The van der Waals surface area contributed by atoms with E-state index in [0.29, 0.717) is 0 Å². The number of furan rings is 2. The second-order valence-electron chi connectivity index (χ2n) is 11.7. The molecule has 0 radical (unpaired) electrons. The highest BCUT2D eigenvalue weighted by Gasteiger charge is 2.20. The summed E-state index contributed by atoms with van der Waals surface area (Å²) in [5, 5.41) is 11.9. The Balaban J connectivity index is 1.27. The Labute approximate surface area is 258 Å². The van der Waals surface area contributed by atoms with Crippen LogP contribution in [-0.2, 0) is 0 Å². The highest BCUT2D eigenvalue weighted by Crippen LogP contribution is 2.45. The lowest BCUT2D eigenvalue weighted by Crippen LogP contribution is -2.10. The molecule has 3 nitrogen and oxygen atoms in total. The highest BCUT2D eigenvalue weighted by atomic mass is 16.3. The molecule has 0 aliphatic carbocycles. The van der Waals surface area contributed by atoms with E-state index in [1.165, 1.54) is 37.7 Å². The molecule has 10 rings (SSSR count). The lowest BCUT2D eigenvalue weighted by molar-refractivity contribution is 0.668. The van der Waals surface area contributed by atoms with Crippen LogP contribution in [0.25, 0.3) is 76.2 Å². The molecule has 210 valence electrons. The summed E-state index contributed by atoms with van der Waals surface area (Å²) in [7, 11) is 0. The monoisotopic (exact) mass is 575 g/mol. The average molecular weight is 576 g/mol. The molecule has 2 heterocycles. The largest absolute Gasteiger partial charge is 0.456 e. The first-order valence-corrected chi connectivity index (χ1v) is 15.3. The van der Waals surface area contributed by atoms with Gasteiger partial charge in [0.05, 0.1) is 11.1 Å². The van der Waals surface area contributed by atoms with E-state index in [4.69, 9.17) is 8.83 Å². The zero-order chi connectivity index (χ0) is 29.5. The molecular weight excluding hydrogens is 550 g/mol. The van der Waals surface area contributed by atoms with Crippen molar-refractivity contribution in [2.24, 2.45) is 0 Å². The molecule has 0 atom stereocenters. The van der Waals surface area contributed by atoms with Gasteiger partial charge >= 0.3 is 0 Å². The Kier molecular flexibility index (Phi) is 5.00. The predicted molar refractivity (Wildman–Crippen MR) is 188 cm³/mol. The molecule has 0 bridgehead atoms. The van der Waals surface area contributed by atoms with Gasteiger partial charge in [-0.3, -0.25) is 0 Å². The Morgan fingerprint density at radius 2 is 0.933 bits per heavy atom.